The Morgan fingerprint density at radius 1 is 1.16 bits per heavy atom. The smallest absolute Gasteiger partial charge is 0.341 e. The van der Waals surface area contributed by atoms with Crippen molar-refractivity contribution < 1.29 is 28.0 Å². The van der Waals surface area contributed by atoms with Crippen LogP contribution in [-0.4, -0.2) is 23.4 Å². The van der Waals surface area contributed by atoms with Gasteiger partial charge in [-0.05, 0) is 30.3 Å². The molecule has 0 aliphatic carbocycles. The molecule has 0 aliphatic heterocycles. The van der Waals surface area contributed by atoms with Crippen LogP contribution in [-0.2, 0) is 9.53 Å². The highest BCUT2D eigenvalue weighted by atomic mass is 79.9. The Morgan fingerprint density at radius 2 is 1.88 bits per heavy atom. The van der Waals surface area contributed by atoms with Crippen molar-refractivity contribution in [2.24, 2.45) is 0 Å². The molecule has 1 N–H and O–H groups in total. The van der Waals surface area contributed by atoms with Gasteiger partial charge in [-0.3, -0.25) is 14.9 Å². The standard InChI is InChI=1S/C15H9BrF2N2O5/c16-8-1-3-10(12(18)5-8)15(22)25-7-14(21)19-9-2-4-11(17)13(6-9)20(23)24/h1-6H,7H2,(H,19,21). The van der Waals surface area contributed by atoms with Gasteiger partial charge in [0.2, 0.25) is 5.82 Å². The van der Waals surface area contributed by atoms with Crippen molar-refractivity contribution in [3.63, 3.8) is 0 Å². The number of nitrogens with zero attached hydrogens (tertiary/aromatic N) is 1. The molecule has 0 heterocycles. The first-order valence-electron chi connectivity index (χ1n) is 6.64. The monoisotopic (exact) mass is 414 g/mol. The highest BCUT2D eigenvalue weighted by molar-refractivity contribution is 9.10. The molecule has 2 aromatic rings. The first-order valence-corrected chi connectivity index (χ1v) is 7.43. The van der Waals surface area contributed by atoms with Crippen LogP contribution in [0.15, 0.2) is 40.9 Å². The Labute approximate surface area is 147 Å². The number of halogens is 3. The molecule has 0 saturated heterocycles. The molecule has 0 aliphatic rings. The van der Waals surface area contributed by atoms with Crippen molar-refractivity contribution in [3.05, 3.63) is 68.2 Å². The third-order valence-electron chi connectivity index (χ3n) is 2.91. The van der Waals surface area contributed by atoms with Gasteiger partial charge in [0.15, 0.2) is 6.61 Å². The molecule has 130 valence electrons. The summed E-state index contributed by atoms with van der Waals surface area (Å²) in [5.41, 5.74) is -1.22. The average molecular weight is 415 g/mol. The molecular formula is C15H9BrF2N2O5. The van der Waals surface area contributed by atoms with Gasteiger partial charge in [-0.2, -0.15) is 4.39 Å². The number of nitro benzene ring substituents is 1. The number of nitrogens with one attached hydrogen (secondary N) is 1. The second-order valence-corrected chi connectivity index (χ2v) is 5.59. The van der Waals surface area contributed by atoms with Crippen molar-refractivity contribution in [1.29, 1.82) is 0 Å². The first-order chi connectivity index (χ1) is 11.8. The normalized spacial score (nSPS) is 10.2. The van der Waals surface area contributed by atoms with Crippen LogP contribution >= 0.6 is 15.9 Å². The predicted molar refractivity (Wildman–Crippen MR) is 86.1 cm³/mol. The van der Waals surface area contributed by atoms with Crippen LogP contribution in [0.2, 0.25) is 0 Å². The molecule has 0 aromatic heterocycles. The molecular weight excluding hydrogens is 406 g/mol. The van der Waals surface area contributed by atoms with Gasteiger partial charge in [-0.1, -0.05) is 15.9 Å². The third kappa shape index (κ3) is 4.80. The molecule has 7 nitrogen and oxygen atoms in total. The van der Waals surface area contributed by atoms with E-state index in [-0.39, 0.29) is 11.3 Å². The van der Waals surface area contributed by atoms with E-state index in [1.54, 1.807) is 0 Å². The Kier molecular flexibility index (Phi) is 5.75. The van der Waals surface area contributed by atoms with Crippen molar-refractivity contribution >= 4 is 39.2 Å². The van der Waals surface area contributed by atoms with E-state index in [9.17, 15) is 28.5 Å². The lowest BCUT2D eigenvalue weighted by Gasteiger charge is -2.07. The summed E-state index contributed by atoms with van der Waals surface area (Å²) in [5.74, 6) is -3.76. The highest BCUT2D eigenvalue weighted by Gasteiger charge is 2.17. The fourth-order valence-electron chi connectivity index (χ4n) is 1.79. The van der Waals surface area contributed by atoms with Crippen LogP contribution < -0.4 is 5.32 Å². The van der Waals surface area contributed by atoms with Gasteiger partial charge in [-0.15, -0.1) is 0 Å². The zero-order valence-corrected chi connectivity index (χ0v) is 13.9. The number of carbonyl (C=O) groups is 2. The largest absolute Gasteiger partial charge is 0.452 e. The fraction of sp³-hybridized carbons (Fsp3) is 0.0667. The topological polar surface area (TPSA) is 98.5 Å². The lowest BCUT2D eigenvalue weighted by molar-refractivity contribution is -0.387. The Balaban J connectivity index is 1.98. The minimum Gasteiger partial charge on any atom is -0.452 e. The fourth-order valence-corrected chi connectivity index (χ4v) is 2.12. The van der Waals surface area contributed by atoms with Gasteiger partial charge in [0, 0.05) is 16.2 Å². The van der Waals surface area contributed by atoms with Gasteiger partial charge in [-0.25, -0.2) is 9.18 Å². The molecule has 25 heavy (non-hydrogen) atoms. The van der Waals surface area contributed by atoms with E-state index in [1.807, 2.05) is 0 Å². The summed E-state index contributed by atoms with van der Waals surface area (Å²) in [5, 5.41) is 12.8. The summed E-state index contributed by atoms with van der Waals surface area (Å²) < 4.78 is 31.9. The van der Waals surface area contributed by atoms with E-state index < -0.39 is 40.7 Å². The Hall–Kier alpha value is -2.88. The third-order valence-corrected chi connectivity index (χ3v) is 3.41. The SMILES string of the molecule is O=C(COC(=O)c1ccc(Br)cc1F)Nc1ccc(F)c([N+](=O)[O-])c1. The molecule has 2 aromatic carbocycles. The summed E-state index contributed by atoms with van der Waals surface area (Å²) in [6, 6.07) is 6.42. The maximum absolute atomic E-state index is 13.6. The van der Waals surface area contributed by atoms with Crippen LogP contribution in [0.1, 0.15) is 10.4 Å². The lowest BCUT2D eigenvalue weighted by Crippen LogP contribution is -2.21. The Morgan fingerprint density at radius 3 is 2.52 bits per heavy atom. The number of rotatable bonds is 5. The minimum absolute atomic E-state index is 0.0519. The molecule has 0 atom stereocenters. The number of ether oxygens (including phenoxy) is 1. The van der Waals surface area contributed by atoms with Crippen LogP contribution in [0.5, 0.6) is 0 Å². The van der Waals surface area contributed by atoms with E-state index in [1.165, 1.54) is 12.1 Å². The summed E-state index contributed by atoms with van der Waals surface area (Å²) in [4.78, 5) is 33.1. The van der Waals surface area contributed by atoms with Gasteiger partial charge in [0.05, 0.1) is 10.5 Å². The van der Waals surface area contributed by atoms with E-state index in [4.69, 9.17) is 0 Å². The number of carbonyl (C=O) groups excluding carboxylic acids is 2. The number of hydrogen-bond acceptors (Lipinski definition) is 5. The minimum atomic E-state index is -1.06. The number of nitro groups is 1. The quantitative estimate of drug-likeness (QED) is 0.459. The Bertz CT molecular complexity index is 860. The highest BCUT2D eigenvalue weighted by Crippen LogP contribution is 2.21. The van der Waals surface area contributed by atoms with Crippen molar-refractivity contribution in [3.8, 4) is 0 Å². The molecule has 0 spiro atoms. The van der Waals surface area contributed by atoms with Crippen LogP contribution in [0.25, 0.3) is 0 Å². The van der Waals surface area contributed by atoms with E-state index in [0.29, 0.717) is 4.47 Å². The number of anilines is 1. The predicted octanol–water partition coefficient (Wildman–Crippen LogP) is 3.43. The van der Waals surface area contributed by atoms with Crippen molar-refractivity contribution in [2.75, 3.05) is 11.9 Å². The zero-order valence-electron chi connectivity index (χ0n) is 12.3. The summed E-state index contributed by atoms with van der Waals surface area (Å²) in [6.07, 6.45) is 0. The molecule has 0 unspecified atom stereocenters. The molecule has 1 amide bonds. The van der Waals surface area contributed by atoms with E-state index in [0.717, 1.165) is 24.3 Å². The lowest BCUT2D eigenvalue weighted by atomic mass is 10.2. The van der Waals surface area contributed by atoms with Crippen molar-refractivity contribution in [2.45, 2.75) is 0 Å². The van der Waals surface area contributed by atoms with Gasteiger partial charge >= 0.3 is 11.7 Å². The molecule has 2 rings (SSSR count). The second kappa shape index (κ2) is 7.79. The molecule has 0 bridgehead atoms. The van der Waals surface area contributed by atoms with Crippen LogP contribution in [0.4, 0.5) is 20.2 Å². The van der Waals surface area contributed by atoms with Gasteiger partial charge in [0.25, 0.3) is 5.91 Å². The molecule has 0 saturated carbocycles. The van der Waals surface area contributed by atoms with Gasteiger partial charge < -0.3 is 10.1 Å². The van der Waals surface area contributed by atoms with Crippen molar-refractivity contribution in [1.82, 2.24) is 0 Å². The van der Waals surface area contributed by atoms with E-state index in [2.05, 4.69) is 26.0 Å². The van der Waals surface area contributed by atoms with Crippen LogP contribution in [0, 0.1) is 21.7 Å². The molecule has 10 heteroatoms. The number of amides is 1. The summed E-state index contributed by atoms with van der Waals surface area (Å²) in [7, 11) is 0. The zero-order chi connectivity index (χ0) is 18.6. The average Bonchev–Trinajstić information content (AvgIpc) is 2.54. The summed E-state index contributed by atoms with van der Waals surface area (Å²) >= 11 is 3.03. The second-order valence-electron chi connectivity index (χ2n) is 4.67. The number of hydrogen-bond donors (Lipinski definition) is 1. The maximum atomic E-state index is 13.6. The molecule has 0 radical (unpaired) electrons. The maximum Gasteiger partial charge on any atom is 0.341 e. The molecule has 0 fully saturated rings. The van der Waals surface area contributed by atoms with Gasteiger partial charge in [0.1, 0.15) is 5.82 Å². The number of benzene rings is 2. The summed E-state index contributed by atoms with van der Waals surface area (Å²) in [6.45, 7) is -0.750. The van der Waals surface area contributed by atoms with E-state index >= 15 is 0 Å². The van der Waals surface area contributed by atoms with Crippen LogP contribution in [0.3, 0.4) is 0 Å². The first kappa shape index (κ1) is 18.5. The number of esters is 1.